The summed E-state index contributed by atoms with van der Waals surface area (Å²) in [6, 6.07) is 19.9. The molecule has 0 fully saturated rings. The van der Waals surface area contributed by atoms with Crippen LogP contribution in [0.2, 0.25) is 0 Å². The average molecular weight is 397 g/mol. The Hall–Kier alpha value is -3.25. The second-order valence-corrected chi connectivity index (χ2v) is 6.73. The fourth-order valence-electron chi connectivity index (χ4n) is 3.30. The number of hydrogen-bond donors (Lipinski definition) is 2. The Balaban J connectivity index is 1.59. The number of rotatable bonds is 5. The van der Waals surface area contributed by atoms with Crippen molar-refractivity contribution in [3.8, 4) is 16.9 Å². The van der Waals surface area contributed by atoms with Gasteiger partial charge in [0.15, 0.2) is 0 Å². The molecule has 2 N–H and O–H groups in total. The zero-order valence-electron chi connectivity index (χ0n) is 15.3. The average Bonchev–Trinajstić information content (AvgIpc) is 3.14. The predicted molar refractivity (Wildman–Crippen MR) is 105 cm³/mol. The van der Waals surface area contributed by atoms with Crippen LogP contribution in [0.15, 0.2) is 72.8 Å². The van der Waals surface area contributed by atoms with Gasteiger partial charge in [0.1, 0.15) is 12.4 Å². The van der Waals surface area contributed by atoms with Crippen LogP contribution in [0.25, 0.3) is 22.0 Å². The van der Waals surface area contributed by atoms with Gasteiger partial charge in [-0.25, -0.2) is 0 Å². The number of nitrogens with one attached hydrogen (secondary N) is 1. The second-order valence-electron chi connectivity index (χ2n) is 6.73. The largest absolute Gasteiger partial charge is 0.489 e. The fourth-order valence-corrected chi connectivity index (χ4v) is 3.30. The predicted octanol–water partition coefficient (Wildman–Crippen LogP) is 5.93. The van der Waals surface area contributed by atoms with Gasteiger partial charge in [0.05, 0.1) is 12.2 Å². The van der Waals surface area contributed by atoms with Gasteiger partial charge in [0.25, 0.3) is 0 Å². The number of aromatic nitrogens is 1. The summed E-state index contributed by atoms with van der Waals surface area (Å²) in [6.07, 6.45) is -4.47. The van der Waals surface area contributed by atoms with Crippen LogP contribution in [0.5, 0.6) is 5.75 Å². The summed E-state index contributed by atoms with van der Waals surface area (Å²) in [6.45, 7) is -0.0835. The number of fused-ring (bicyclic) bond motifs is 1. The van der Waals surface area contributed by atoms with Crippen molar-refractivity contribution in [3.63, 3.8) is 0 Å². The molecule has 0 saturated carbocycles. The van der Waals surface area contributed by atoms with Crippen LogP contribution < -0.4 is 4.74 Å². The van der Waals surface area contributed by atoms with E-state index >= 15 is 0 Å². The van der Waals surface area contributed by atoms with Gasteiger partial charge < -0.3 is 14.8 Å². The zero-order chi connectivity index (χ0) is 20.4. The van der Waals surface area contributed by atoms with Crippen molar-refractivity contribution in [2.45, 2.75) is 19.4 Å². The van der Waals surface area contributed by atoms with Gasteiger partial charge in [-0.15, -0.1) is 0 Å². The number of ether oxygens (including phenoxy) is 1. The molecule has 0 aliphatic rings. The van der Waals surface area contributed by atoms with E-state index in [4.69, 9.17) is 4.74 Å². The van der Waals surface area contributed by atoms with E-state index in [0.29, 0.717) is 22.6 Å². The molecule has 0 aliphatic carbocycles. The first-order valence-electron chi connectivity index (χ1n) is 9.05. The number of alkyl halides is 3. The quantitative estimate of drug-likeness (QED) is 0.439. The minimum atomic E-state index is -4.47. The van der Waals surface area contributed by atoms with E-state index in [9.17, 15) is 18.3 Å². The zero-order valence-corrected chi connectivity index (χ0v) is 15.3. The molecule has 0 bridgehead atoms. The Morgan fingerprint density at radius 3 is 2.41 bits per heavy atom. The molecule has 1 aromatic heterocycles. The summed E-state index contributed by atoms with van der Waals surface area (Å²) >= 11 is 0. The molecule has 0 spiro atoms. The molecule has 3 nitrogen and oxygen atoms in total. The molecular weight excluding hydrogens is 379 g/mol. The Bertz CT molecular complexity index is 1130. The van der Waals surface area contributed by atoms with Gasteiger partial charge in [-0.3, -0.25) is 0 Å². The van der Waals surface area contributed by atoms with Crippen molar-refractivity contribution in [2.24, 2.45) is 0 Å². The molecular formula is C23H18F3NO2. The molecule has 0 amide bonds. The van der Waals surface area contributed by atoms with Crippen LogP contribution in [-0.4, -0.2) is 10.1 Å². The molecule has 4 rings (SSSR count). The Morgan fingerprint density at radius 2 is 1.69 bits per heavy atom. The highest BCUT2D eigenvalue weighted by molar-refractivity contribution is 5.81. The van der Waals surface area contributed by atoms with Crippen LogP contribution in [0, 0.1) is 0 Å². The summed E-state index contributed by atoms with van der Waals surface area (Å²) < 4.78 is 46.6. The summed E-state index contributed by atoms with van der Waals surface area (Å²) in [5, 5.41) is 10.1. The molecule has 0 atom stereocenters. The molecule has 0 radical (unpaired) electrons. The molecule has 4 aromatic rings. The molecule has 3 aromatic carbocycles. The smallest absolute Gasteiger partial charge is 0.417 e. The summed E-state index contributed by atoms with van der Waals surface area (Å²) in [4.78, 5) is 3.06. The van der Waals surface area contributed by atoms with Crippen LogP contribution in [0.4, 0.5) is 13.2 Å². The minimum absolute atomic E-state index is 0.0148. The van der Waals surface area contributed by atoms with Gasteiger partial charge in [-0.05, 0) is 47.0 Å². The third-order valence-corrected chi connectivity index (χ3v) is 4.70. The maximum Gasteiger partial charge on any atom is 0.417 e. The lowest BCUT2D eigenvalue weighted by Crippen LogP contribution is -2.09. The highest BCUT2D eigenvalue weighted by atomic mass is 19.4. The molecule has 0 unspecified atom stereocenters. The number of aliphatic hydroxyl groups excluding tert-OH is 1. The maximum atomic E-state index is 13.6. The number of aromatic amines is 1. The molecule has 148 valence electrons. The number of benzene rings is 3. The molecule has 0 saturated heterocycles. The molecule has 0 aliphatic heterocycles. The van der Waals surface area contributed by atoms with E-state index in [1.165, 1.54) is 6.07 Å². The van der Waals surface area contributed by atoms with Crippen LogP contribution in [0.1, 0.15) is 16.8 Å². The molecule has 29 heavy (non-hydrogen) atoms. The fraction of sp³-hybridized carbons (Fsp3) is 0.130. The van der Waals surface area contributed by atoms with Crippen molar-refractivity contribution >= 4 is 10.9 Å². The van der Waals surface area contributed by atoms with E-state index in [1.807, 2.05) is 6.07 Å². The van der Waals surface area contributed by atoms with Crippen molar-refractivity contribution in [3.05, 3.63) is 89.6 Å². The van der Waals surface area contributed by atoms with E-state index < -0.39 is 11.7 Å². The topological polar surface area (TPSA) is 45.2 Å². The van der Waals surface area contributed by atoms with E-state index in [-0.39, 0.29) is 18.8 Å². The first-order valence-corrected chi connectivity index (χ1v) is 9.05. The summed E-state index contributed by atoms with van der Waals surface area (Å²) in [5.74, 6) is 0.543. The van der Waals surface area contributed by atoms with E-state index in [2.05, 4.69) is 4.98 Å². The summed E-state index contributed by atoms with van der Waals surface area (Å²) in [5.41, 5.74) is 1.95. The minimum Gasteiger partial charge on any atom is -0.489 e. The van der Waals surface area contributed by atoms with Crippen molar-refractivity contribution < 1.29 is 23.0 Å². The highest BCUT2D eigenvalue weighted by Gasteiger charge is 2.34. The third-order valence-electron chi connectivity index (χ3n) is 4.70. The van der Waals surface area contributed by atoms with E-state index in [1.54, 1.807) is 54.6 Å². The molecule has 1 heterocycles. The number of halogens is 3. The Labute approximate surface area is 165 Å². The Kier molecular flexibility index (Phi) is 5.03. The van der Waals surface area contributed by atoms with Crippen LogP contribution in [-0.2, 0) is 19.4 Å². The lowest BCUT2D eigenvalue weighted by molar-refractivity contribution is -0.137. The van der Waals surface area contributed by atoms with E-state index in [0.717, 1.165) is 17.0 Å². The first kappa shape index (κ1) is 19.1. The van der Waals surface area contributed by atoms with Crippen molar-refractivity contribution in [1.82, 2.24) is 4.98 Å². The van der Waals surface area contributed by atoms with Gasteiger partial charge in [0.2, 0.25) is 0 Å². The van der Waals surface area contributed by atoms with Crippen molar-refractivity contribution in [1.29, 1.82) is 0 Å². The van der Waals surface area contributed by atoms with Gasteiger partial charge in [-0.2, -0.15) is 13.2 Å². The lowest BCUT2D eigenvalue weighted by atomic mass is 9.97. The maximum absolute atomic E-state index is 13.6. The number of aliphatic hydroxyl groups is 1. The normalized spacial score (nSPS) is 11.7. The standard InChI is InChI=1S/C23H18F3NO2/c24-23(25,26)21-10-15(6-8-20(21)16-4-2-1-3-5-16)14-29-19-7-9-22-17(12-19)11-18(13-28)27-22/h1-12,27-28H,13-14H2. The summed E-state index contributed by atoms with van der Waals surface area (Å²) in [7, 11) is 0. The first-order chi connectivity index (χ1) is 13.9. The third kappa shape index (κ3) is 4.12. The Morgan fingerprint density at radius 1 is 0.897 bits per heavy atom. The van der Waals surface area contributed by atoms with Crippen molar-refractivity contribution in [2.75, 3.05) is 0 Å². The van der Waals surface area contributed by atoms with Gasteiger partial charge in [-0.1, -0.05) is 42.5 Å². The highest BCUT2D eigenvalue weighted by Crippen LogP contribution is 2.37. The van der Waals surface area contributed by atoms with Crippen LogP contribution in [0.3, 0.4) is 0 Å². The van der Waals surface area contributed by atoms with Crippen LogP contribution >= 0.6 is 0 Å². The number of H-pyrrole nitrogens is 1. The second kappa shape index (κ2) is 7.64. The van der Waals surface area contributed by atoms with Gasteiger partial charge >= 0.3 is 6.18 Å². The SMILES string of the molecule is OCc1cc2cc(OCc3ccc(-c4ccccc4)c(C(F)(F)F)c3)ccc2[nH]1. The molecule has 6 heteroatoms. The van der Waals surface area contributed by atoms with Gasteiger partial charge in [0, 0.05) is 16.6 Å². The lowest BCUT2D eigenvalue weighted by Gasteiger charge is -2.15. The number of hydrogen-bond acceptors (Lipinski definition) is 2. The monoisotopic (exact) mass is 397 g/mol.